The number of H-pyrrole nitrogens is 1. The molecule has 0 aliphatic heterocycles. The Morgan fingerprint density at radius 1 is 1.56 bits per heavy atom. The molecule has 0 radical (unpaired) electrons. The van der Waals surface area contributed by atoms with Crippen molar-refractivity contribution in [3.05, 3.63) is 24.0 Å². The molecule has 0 spiro atoms. The number of benzene rings is 1. The number of hydrogen-bond donors (Lipinski definition) is 2. The molecule has 84 valence electrons. The van der Waals surface area contributed by atoms with Gasteiger partial charge in [-0.15, -0.1) is 0 Å². The number of fused-ring (bicyclic) bond motifs is 1. The predicted octanol–water partition coefficient (Wildman–Crippen LogP) is 2.57. The Morgan fingerprint density at radius 3 is 3.06 bits per heavy atom. The average Bonchev–Trinajstić information content (AvgIpc) is 2.59. The number of ether oxygens (including phenoxy) is 1. The zero-order chi connectivity index (χ0) is 11.5. The molecule has 1 aromatic heterocycles. The fourth-order valence-electron chi connectivity index (χ4n) is 1.56. The van der Waals surface area contributed by atoms with E-state index in [4.69, 9.17) is 5.11 Å². The van der Waals surface area contributed by atoms with Crippen LogP contribution in [0.25, 0.3) is 11.0 Å². The summed E-state index contributed by atoms with van der Waals surface area (Å²) < 4.78 is 4.55. The Hall–Kier alpha value is -2.04. The molecular formula is C11H12N2O3. The number of carboxylic acid groups (broad SMARTS) is 1. The van der Waals surface area contributed by atoms with Gasteiger partial charge in [-0.25, -0.2) is 9.78 Å². The molecule has 0 aliphatic rings. The van der Waals surface area contributed by atoms with Gasteiger partial charge in [0.2, 0.25) is 0 Å². The van der Waals surface area contributed by atoms with Gasteiger partial charge in [0, 0.05) is 12.5 Å². The summed E-state index contributed by atoms with van der Waals surface area (Å²) in [5.41, 5.74) is 1.61. The van der Waals surface area contributed by atoms with Crippen molar-refractivity contribution < 1.29 is 14.6 Å². The van der Waals surface area contributed by atoms with Gasteiger partial charge in [-0.1, -0.05) is 6.92 Å². The summed E-state index contributed by atoms with van der Waals surface area (Å²) in [6, 6.07) is 4.98. The van der Waals surface area contributed by atoms with Gasteiger partial charge in [0.15, 0.2) is 0 Å². The molecule has 2 rings (SSSR count). The summed E-state index contributed by atoms with van der Waals surface area (Å²) in [6.07, 6.45) is 0.575. The number of aromatic nitrogens is 2. The minimum atomic E-state index is -1.32. The second kappa shape index (κ2) is 4.22. The number of aromatic amines is 1. The van der Waals surface area contributed by atoms with E-state index in [1.807, 2.05) is 0 Å². The standard InChI is InChI=1S/C11H12N2O3/c1-2-3-10-12-8-5-4-7(16-11(14)15)6-9(8)13-10/h4-6H,2-3H2,1H3,(H,12,13)(H,14,15). The molecule has 2 N–H and O–H groups in total. The lowest BCUT2D eigenvalue weighted by Crippen LogP contribution is -2.02. The first-order chi connectivity index (χ1) is 7.69. The quantitative estimate of drug-likeness (QED) is 0.615. The van der Waals surface area contributed by atoms with Crippen molar-refractivity contribution in [3.8, 4) is 5.75 Å². The van der Waals surface area contributed by atoms with Crippen LogP contribution < -0.4 is 4.74 Å². The first-order valence-electron chi connectivity index (χ1n) is 5.08. The summed E-state index contributed by atoms with van der Waals surface area (Å²) in [5, 5.41) is 8.48. The van der Waals surface area contributed by atoms with Crippen molar-refractivity contribution in [2.24, 2.45) is 0 Å². The number of hydrogen-bond acceptors (Lipinski definition) is 3. The molecule has 0 unspecified atom stereocenters. The lowest BCUT2D eigenvalue weighted by molar-refractivity contribution is 0.144. The average molecular weight is 220 g/mol. The fraction of sp³-hybridized carbons (Fsp3) is 0.273. The van der Waals surface area contributed by atoms with E-state index in [2.05, 4.69) is 21.6 Å². The van der Waals surface area contributed by atoms with Crippen molar-refractivity contribution in [1.29, 1.82) is 0 Å². The molecule has 0 amide bonds. The van der Waals surface area contributed by atoms with Gasteiger partial charge in [-0.3, -0.25) is 0 Å². The van der Waals surface area contributed by atoms with E-state index in [1.165, 1.54) is 0 Å². The Labute approximate surface area is 92.1 Å². The lowest BCUT2D eigenvalue weighted by Gasteiger charge is -1.97. The lowest BCUT2D eigenvalue weighted by atomic mass is 10.3. The van der Waals surface area contributed by atoms with Crippen LogP contribution in [0.15, 0.2) is 18.2 Å². The van der Waals surface area contributed by atoms with Gasteiger partial charge < -0.3 is 14.8 Å². The number of aryl methyl sites for hydroxylation is 1. The van der Waals surface area contributed by atoms with Crippen LogP contribution in [0.1, 0.15) is 19.2 Å². The summed E-state index contributed by atoms with van der Waals surface area (Å²) in [5.74, 6) is 1.19. The van der Waals surface area contributed by atoms with Gasteiger partial charge >= 0.3 is 6.16 Å². The van der Waals surface area contributed by atoms with E-state index < -0.39 is 6.16 Å². The zero-order valence-corrected chi connectivity index (χ0v) is 8.86. The minimum Gasteiger partial charge on any atom is -0.449 e. The zero-order valence-electron chi connectivity index (χ0n) is 8.86. The topological polar surface area (TPSA) is 75.2 Å². The smallest absolute Gasteiger partial charge is 0.449 e. The monoisotopic (exact) mass is 220 g/mol. The van der Waals surface area contributed by atoms with Crippen LogP contribution in [0.4, 0.5) is 4.79 Å². The number of nitrogens with zero attached hydrogens (tertiary/aromatic N) is 1. The molecule has 0 atom stereocenters. The molecule has 1 heterocycles. The van der Waals surface area contributed by atoms with E-state index >= 15 is 0 Å². The van der Waals surface area contributed by atoms with Crippen LogP contribution >= 0.6 is 0 Å². The predicted molar refractivity (Wildman–Crippen MR) is 58.7 cm³/mol. The fourth-order valence-corrected chi connectivity index (χ4v) is 1.56. The first kappa shape index (κ1) is 10.5. The van der Waals surface area contributed by atoms with Gasteiger partial charge in [0.05, 0.1) is 11.0 Å². The Kier molecular flexibility index (Phi) is 2.76. The van der Waals surface area contributed by atoms with Crippen molar-refractivity contribution in [2.75, 3.05) is 0 Å². The van der Waals surface area contributed by atoms with Crippen LogP contribution in [0.5, 0.6) is 5.75 Å². The van der Waals surface area contributed by atoms with Crippen molar-refractivity contribution >= 4 is 17.2 Å². The summed E-state index contributed by atoms with van der Waals surface area (Å²) in [4.78, 5) is 17.9. The molecule has 0 aliphatic carbocycles. The Morgan fingerprint density at radius 2 is 2.38 bits per heavy atom. The highest BCUT2D eigenvalue weighted by molar-refractivity contribution is 5.77. The van der Waals surface area contributed by atoms with E-state index in [1.54, 1.807) is 18.2 Å². The van der Waals surface area contributed by atoms with Crippen LogP contribution in [-0.2, 0) is 6.42 Å². The normalized spacial score (nSPS) is 10.6. The van der Waals surface area contributed by atoms with Crippen LogP contribution in [0, 0.1) is 0 Å². The van der Waals surface area contributed by atoms with Crippen molar-refractivity contribution in [3.63, 3.8) is 0 Å². The maximum atomic E-state index is 10.4. The van der Waals surface area contributed by atoms with Crippen LogP contribution in [0.2, 0.25) is 0 Å². The van der Waals surface area contributed by atoms with Gasteiger partial charge in [-0.2, -0.15) is 0 Å². The Bertz CT molecular complexity index is 519. The third kappa shape index (κ3) is 2.13. The van der Waals surface area contributed by atoms with E-state index in [0.717, 1.165) is 29.7 Å². The molecule has 5 heteroatoms. The van der Waals surface area contributed by atoms with E-state index in [0.29, 0.717) is 0 Å². The van der Waals surface area contributed by atoms with Crippen molar-refractivity contribution in [1.82, 2.24) is 9.97 Å². The SMILES string of the molecule is CCCc1nc2cc(OC(=O)O)ccc2[nH]1. The maximum Gasteiger partial charge on any atom is 0.511 e. The summed E-state index contributed by atoms with van der Waals surface area (Å²) >= 11 is 0. The second-order valence-corrected chi connectivity index (χ2v) is 3.48. The largest absolute Gasteiger partial charge is 0.511 e. The molecule has 0 saturated carbocycles. The second-order valence-electron chi connectivity index (χ2n) is 3.48. The number of rotatable bonds is 3. The van der Waals surface area contributed by atoms with Gasteiger partial charge in [-0.05, 0) is 18.6 Å². The molecule has 2 aromatic rings. The molecule has 16 heavy (non-hydrogen) atoms. The summed E-state index contributed by atoms with van der Waals surface area (Å²) in [7, 11) is 0. The third-order valence-electron chi connectivity index (χ3n) is 2.20. The van der Waals surface area contributed by atoms with Crippen molar-refractivity contribution in [2.45, 2.75) is 19.8 Å². The summed E-state index contributed by atoms with van der Waals surface area (Å²) in [6.45, 7) is 2.08. The molecule has 5 nitrogen and oxygen atoms in total. The molecule has 0 fully saturated rings. The molecule has 1 aromatic carbocycles. The van der Waals surface area contributed by atoms with E-state index in [-0.39, 0.29) is 5.75 Å². The van der Waals surface area contributed by atoms with Crippen LogP contribution in [-0.4, -0.2) is 21.2 Å². The first-order valence-corrected chi connectivity index (χ1v) is 5.08. The molecule has 0 saturated heterocycles. The Balaban J connectivity index is 2.33. The number of carbonyl (C=O) groups is 1. The van der Waals surface area contributed by atoms with E-state index in [9.17, 15) is 4.79 Å². The highest BCUT2D eigenvalue weighted by Crippen LogP contribution is 2.19. The van der Waals surface area contributed by atoms with Gasteiger partial charge in [0.25, 0.3) is 0 Å². The highest BCUT2D eigenvalue weighted by atomic mass is 16.7. The molecule has 0 bridgehead atoms. The maximum absolute atomic E-state index is 10.4. The third-order valence-corrected chi connectivity index (χ3v) is 2.20. The molecular weight excluding hydrogens is 208 g/mol. The van der Waals surface area contributed by atoms with Gasteiger partial charge in [0.1, 0.15) is 11.6 Å². The van der Waals surface area contributed by atoms with Crippen LogP contribution in [0.3, 0.4) is 0 Å². The number of nitrogens with one attached hydrogen (secondary N) is 1. The minimum absolute atomic E-state index is 0.287. The number of imidazole rings is 1. The highest BCUT2D eigenvalue weighted by Gasteiger charge is 2.05.